The first-order valence-electron chi connectivity index (χ1n) is 5.54. The van der Waals surface area contributed by atoms with Gasteiger partial charge in [-0.15, -0.1) is 0 Å². The monoisotopic (exact) mass is 248 g/mol. The maximum Gasteiger partial charge on any atom is 0.315 e. The Kier molecular flexibility index (Phi) is 6.83. The van der Waals surface area contributed by atoms with Crippen molar-refractivity contribution in [2.24, 2.45) is 5.92 Å². The van der Waals surface area contributed by atoms with Gasteiger partial charge < -0.3 is 15.7 Å². The smallest absolute Gasteiger partial charge is 0.315 e. The maximum absolute atomic E-state index is 11.5. The van der Waals surface area contributed by atoms with E-state index >= 15 is 0 Å². The molecule has 0 aromatic rings. The summed E-state index contributed by atoms with van der Waals surface area (Å²) in [7, 11) is 0. The number of thioether (sulfide) groups is 1. The zero-order valence-electron chi connectivity index (χ0n) is 10.8. The van der Waals surface area contributed by atoms with Crippen molar-refractivity contribution < 1.29 is 9.90 Å². The number of hydrogen-bond acceptors (Lipinski definition) is 3. The molecule has 0 aliphatic rings. The molecule has 16 heavy (non-hydrogen) atoms. The molecule has 5 heteroatoms. The molecule has 0 bridgehead atoms. The lowest BCUT2D eigenvalue weighted by atomic mass is 10.1. The van der Waals surface area contributed by atoms with Crippen LogP contribution >= 0.6 is 11.8 Å². The molecule has 3 N–H and O–H groups in total. The third-order valence-corrected chi connectivity index (χ3v) is 3.35. The summed E-state index contributed by atoms with van der Waals surface area (Å²) >= 11 is 1.56. The normalized spacial score (nSPS) is 16.7. The molecule has 2 unspecified atom stereocenters. The third-order valence-electron chi connectivity index (χ3n) is 2.44. The van der Waals surface area contributed by atoms with Crippen LogP contribution < -0.4 is 10.6 Å². The molecule has 96 valence electrons. The van der Waals surface area contributed by atoms with E-state index in [4.69, 9.17) is 0 Å². The highest BCUT2D eigenvalue weighted by atomic mass is 32.2. The Hall–Kier alpha value is -0.420. The topological polar surface area (TPSA) is 61.4 Å². The molecule has 0 aliphatic heterocycles. The standard InChI is InChI=1S/C11H24N2O2S/c1-8(2)9(3)13-10(14)12-6-11(4,15)7-16-5/h8-9,15H,6-7H2,1-5H3,(H2,12,13,14). The summed E-state index contributed by atoms with van der Waals surface area (Å²) in [4.78, 5) is 11.5. The predicted octanol–water partition coefficient (Wildman–Crippen LogP) is 1.44. The van der Waals surface area contributed by atoms with Crippen LogP contribution in [0.4, 0.5) is 4.79 Å². The molecule has 2 amide bonds. The fourth-order valence-corrected chi connectivity index (χ4v) is 1.78. The summed E-state index contributed by atoms with van der Waals surface area (Å²) in [5.41, 5.74) is -0.849. The fourth-order valence-electron chi connectivity index (χ4n) is 1.06. The largest absolute Gasteiger partial charge is 0.387 e. The van der Waals surface area contributed by atoms with E-state index in [0.29, 0.717) is 11.7 Å². The first-order chi connectivity index (χ1) is 7.28. The Labute approximate surface area is 103 Å². The summed E-state index contributed by atoms with van der Waals surface area (Å²) in [6.07, 6.45) is 1.93. The number of carbonyl (C=O) groups excluding carboxylic acids is 1. The Morgan fingerprint density at radius 3 is 2.44 bits per heavy atom. The van der Waals surface area contributed by atoms with E-state index in [9.17, 15) is 9.90 Å². The molecule has 2 atom stereocenters. The minimum absolute atomic E-state index is 0.130. The van der Waals surface area contributed by atoms with Crippen LogP contribution in [0, 0.1) is 5.92 Å². The molecule has 0 spiro atoms. The summed E-state index contributed by atoms with van der Waals surface area (Å²) in [6, 6.07) is -0.0897. The molecule has 0 fully saturated rings. The lowest BCUT2D eigenvalue weighted by Gasteiger charge is -2.24. The number of aliphatic hydroxyl groups is 1. The van der Waals surface area contributed by atoms with Crippen molar-refractivity contribution in [3.63, 3.8) is 0 Å². The second-order valence-corrected chi connectivity index (χ2v) is 5.66. The molecule has 0 saturated heterocycles. The first-order valence-corrected chi connectivity index (χ1v) is 6.93. The molecule has 0 aliphatic carbocycles. The van der Waals surface area contributed by atoms with Gasteiger partial charge >= 0.3 is 6.03 Å². The quantitative estimate of drug-likeness (QED) is 0.666. The van der Waals surface area contributed by atoms with Gasteiger partial charge in [0.05, 0.1) is 5.60 Å². The SMILES string of the molecule is CSCC(C)(O)CNC(=O)NC(C)C(C)C. The van der Waals surface area contributed by atoms with E-state index in [-0.39, 0.29) is 18.6 Å². The number of hydrogen-bond donors (Lipinski definition) is 3. The van der Waals surface area contributed by atoms with Crippen molar-refractivity contribution in [2.45, 2.75) is 39.3 Å². The number of carbonyl (C=O) groups is 1. The zero-order valence-corrected chi connectivity index (χ0v) is 11.6. The van der Waals surface area contributed by atoms with Crippen molar-refractivity contribution in [3.05, 3.63) is 0 Å². The molecule has 0 aromatic heterocycles. The maximum atomic E-state index is 11.5. The van der Waals surface area contributed by atoms with Crippen LogP contribution in [0.2, 0.25) is 0 Å². The van der Waals surface area contributed by atoms with Crippen LogP contribution in [0.25, 0.3) is 0 Å². The van der Waals surface area contributed by atoms with Crippen molar-refractivity contribution in [1.29, 1.82) is 0 Å². The summed E-state index contributed by atoms with van der Waals surface area (Å²) in [6.45, 7) is 8.05. The second kappa shape index (κ2) is 7.01. The molecular formula is C11H24N2O2S. The zero-order chi connectivity index (χ0) is 12.8. The minimum Gasteiger partial charge on any atom is -0.387 e. The highest BCUT2D eigenvalue weighted by molar-refractivity contribution is 7.98. The molecule has 0 saturated carbocycles. The molecule has 0 aromatic carbocycles. The van der Waals surface area contributed by atoms with Crippen molar-refractivity contribution in [3.8, 4) is 0 Å². The Bertz CT molecular complexity index is 220. The average Bonchev–Trinajstić information content (AvgIpc) is 2.14. The number of amides is 2. The van der Waals surface area contributed by atoms with Crippen molar-refractivity contribution >= 4 is 17.8 Å². The van der Waals surface area contributed by atoms with Crippen LogP contribution in [0.3, 0.4) is 0 Å². The van der Waals surface area contributed by atoms with E-state index in [0.717, 1.165) is 0 Å². The molecule has 0 radical (unpaired) electrons. The Balaban J connectivity index is 3.89. The van der Waals surface area contributed by atoms with Gasteiger partial charge in [0.2, 0.25) is 0 Å². The van der Waals surface area contributed by atoms with Crippen LogP contribution in [-0.4, -0.2) is 41.3 Å². The van der Waals surface area contributed by atoms with Crippen LogP contribution in [0.1, 0.15) is 27.7 Å². The van der Waals surface area contributed by atoms with Gasteiger partial charge in [0.25, 0.3) is 0 Å². The van der Waals surface area contributed by atoms with E-state index in [1.165, 1.54) is 0 Å². The van der Waals surface area contributed by atoms with Gasteiger partial charge in [-0.2, -0.15) is 11.8 Å². The predicted molar refractivity (Wildman–Crippen MR) is 69.8 cm³/mol. The van der Waals surface area contributed by atoms with Crippen LogP contribution in [-0.2, 0) is 0 Å². The third kappa shape index (κ3) is 6.95. The Morgan fingerprint density at radius 2 is 2.00 bits per heavy atom. The van der Waals surface area contributed by atoms with E-state index in [1.807, 2.05) is 13.2 Å². The second-order valence-electron chi connectivity index (χ2n) is 4.79. The van der Waals surface area contributed by atoms with Gasteiger partial charge in [-0.05, 0) is 26.0 Å². The number of urea groups is 1. The summed E-state index contributed by atoms with van der Waals surface area (Å²) in [5.74, 6) is 1.00. The van der Waals surface area contributed by atoms with Crippen molar-refractivity contribution in [2.75, 3.05) is 18.6 Å². The molecule has 4 nitrogen and oxygen atoms in total. The molecular weight excluding hydrogens is 224 g/mol. The van der Waals surface area contributed by atoms with E-state index in [2.05, 4.69) is 24.5 Å². The van der Waals surface area contributed by atoms with E-state index in [1.54, 1.807) is 18.7 Å². The highest BCUT2D eigenvalue weighted by Crippen LogP contribution is 2.08. The summed E-state index contributed by atoms with van der Waals surface area (Å²) in [5, 5.41) is 15.3. The van der Waals surface area contributed by atoms with E-state index < -0.39 is 5.60 Å². The van der Waals surface area contributed by atoms with Crippen LogP contribution in [0.5, 0.6) is 0 Å². The van der Waals surface area contributed by atoms with Gasteiger partial charge in [0.15, 0.2) is 0 Å². The lowest BCUT2D eigenvalue weighted by molar-refractivity contribution is 0.0867. The molecule has 0 rings (SSSR count). The number of rotatable bonds is 6. The minimum atomic E-state index is -0.849. The molecule has 0 heterocycles. The lowest BCUT2D eigenvalue weighted by Crippen LogP contribution is -2.49. The highest BCUT2D eigenvalue weighted by Gasteiger charge is 2.20. The fraction of sp³-hybridized carbons (Fsp3) is 0.909. The van der Waals surface area contributed by atoms with Gasteiger partial charge in [-0.25, -0.2) is 4.79 Å². The van der Waals surface area contributed by atoms with Crippen LogP contribution in [0.15, 0.2) is 0 Å². The van der Waals surface area contributed by atoms with Gasteiger partial charge in [0.1, 0.15) is 0 Å². The van der Waals surface area contributed by atoms with Gasteiger partial charge in [-0.1, -0.05) is 13.8 Å². The average molecular weight is 248 g/mol. The van der Waals surface area contributed by atoms with Gasteiger partial charge in [-0.3, -0.25) is 0 Å². The Morgan fingerprint density at radius 1 is 1.44 bits per heavy atom. The number of nitrogens with one attached hydrogen (secondary N) is 2. The van der Waals surface area contributed by atoms with Gasteiger partial charge in [0, 0.05) is 18.3 Å². The first kappa shape index (κ1) is 15.6. The van der Waals surface area contributed by atoms with Crippen molar-refractivity contribution in [1.82, 2.24) is 10.6 Å². The summed E-state index contributed by atoms with van der Waals surface area (Å²) < 4.78 is 0.